The molecule has 1 fully saturated rings. The number of hydrogen-bond acceptors (Lipinski definition) is 10. The molecule has 37 heavy (non-hydrogen) atoms. The zero-order chi connectivity index (χ0) is 26.1. The Kier molecular flexibility index (Phi) is 6.25. The van der Waals surface area contributed by atoms with E-state index in [0.717, 1.165) is 0 Å². The Labute approximate surface area is 208 Å². The van der Waals surface area contributed by atoms with Crippen molar-refractivity contribution in [2.45, 2.75) is 25.7 Å². The number of imidazole rings is 1. The minimum atomic E-state index is -0.663. The maximum atomic E-state index is 15.0. The number of carbonyl (C=O) groups is 2. The number of aromatic nitrogens is 4. The van der Waals surface area contributed by atoms with Gasteiger partial charge in [0.2, 0.25) is 11.8 Å². The van der Waals surface area contributed by atoms with Crippen molar-refractivity contribution in [1.82, 2.24) is 24.8 Å². The summed E-state index contributed by atoms with van der Waals surface area (Å²) in [4.78, 5) is 47.1. The first kappa shape index (κ1) is 23.9. The molecule has 0 saturated carbocycles. The van der Waals surface area contributed by atoms with E-state index in [1.807, 2.05) is 0 Å². The molecule has 0 aliphatic carbocycles. The highest BCUT2D eigenvalue weighted by molar-refractivity contribution is 5.90. The molecule has 0 radical (unpaired) electrons. The Morgan fingerprint density at radius 1 is 1.32 bits per heavy atom. The lowest BCUT2D eigenvalue weighted by Gasteiger charge is -2.22. The number of cyclic esters (lactones) is 1. The molecule has 2 aliphatic rings. The molecule has 1 N–H and O–H groups in total. The summed E-state index contributed by atoms with van der Waals surface area (Å²) in [6, 6.07) is 5.78. The summed E-state index contributed by atoms with van der Waals surface area (Å²) in [7, 11) is 0. The lowest BCUT2D eigenvalue weighted by molar-refractivity contribution is -0.389. The van der Waals surface area contributed by atoms with Gasteiger partial charge in [-0.05, 0) is 23.1 Å². The van der Waals surface area contributed by atoms with E-state index in [1.165, 1.54) is 47.0 Å². The number of nitrogens with one attached hydrogen (secondary N) is 1. The number of halogens is 1. The Balaban J connectivity index is 1.27. The van der Waals surface area contributed by atoms with Crippen molar-refractivity contribution >= 4 is 23.5 Å². The van der Waals surface area contributed by atoms with Gasteiger partial charge in [0.1, 0.15) is 24.7 Å². The van der Waals surface area contributed by atoms with Crippen LogP contribution in [-0.4, -0.2) is 68.3 Å². The summed E-state index contributed by atoms with van der Waals surface area (Å²) in [6.07, 6.45) is 0.945. The molecule has 1 saturated heterocycles. The molecule has 0 unspecified atom stereocenters. The number of carbonyl (C=O) groups excluding carboxylic acids is 2. The number of benzene rings is 1. The van der Waals surface area contributed by atoms with Crippen molar-refractivity contribution in [3.8, 4) is 23.3 Å². The van der Waals surface area contributed by atoms with Gasteiger partial charge in [0.15, 0.2) is 11.9 Å². The number of nitrogens with zero attached hydrogens (tertiary/aromatic N) is 6. The predicted molar refractivity (Wildman–Crippen MR) is 123 cm³/mol. The zero-order valence-electron chi connectivity index (χ0n) is 19.4. The van der Waals surface area contributed by atoms with Crippen LogP contribution in [0.5, 0.6) is 11.9 Å². The molecule has 0 spiro atoms. The van der Waals surface area contributed by atoms with E-state index in [4.69, 9.17) is 14.2 Å². The van der Waals surface area contributed by atoms with Gasteiger partial charge in [0.05, 0.1) is 30.9 Å². The van der Waals surface area contributed by atoms with Gasteiger partial charge in [-0.1, -0.05) is 0 Å². The predicted octanol–water partition coefficient (Wildman–Crippen LogP) is 1.69. The summed E-state index contributed by atoms with van der Waals surface area (Å²) >= 11 is 0. The average Bonchev–Trinajstić information content (AvgIpc) is 3.46. The number of ether oxygens (including phenoxy) is 3. The maximum Gasteiger partial charge on any atom is 0.414 e. The minimum Gasteiger partial charge on any atom is -0.469 e. The van der Waals surface area contributed by atoms with E-state index >= 15 is 4.39 Å². The zero-order valence-corrected chi connectivity index (χ0v) is 19.4. The third-order valence-corrected chi connectivity index (χ3v) is 5.59. The standard InChI is InChI=1S/C22H20FN7O7/c1-12(31)25-7-14-9-29(22(32)37-14)13-2-3-16(17(23)6-13)20-24-5-4-19(27-20)36-15-8-28-10-18(30(33)34)26-21(28)35-11-15/h2-6,10,14-15H,7-9,11H2,1H3,(H,25,31)/t14-,15-/m0/s1. The van der Waals surface area contributed by atoms with E-state index < -0.39 is 29.0 Å². The van der Waals surface area contributed by atoms with Gasteiger partial charge in [0, 0.05) is 24.2 Å². The monoisotopic (exact) mass is 513 g/mol. The molecule has 192 valence electrons. The lowest BCUT2D eigenvalue weighted by atomic mass is 10.1. The number of rotatable bonds is 7. The molecule has 4 heterocycles. The summed E-state index contributed by atoms with van der Waals surface area (Å²) in [6.45, 7) is 2.00. The van der Waals surface area contributed by atoms with Crippen molar-refractivity contribution in [3.63, 3.8) is 0 Å². The third kappa shape index (κ3) is 5.10. The molecule has 1 aromatic carbocycles. The fraction of sp³-hybridized carbons (Fsp3) is 0.318. The van der Waals surface area contributed by atoms with Crippen LogP contribution in [-0.2, 0) is 16.1 Å². The SMILES string of the molecule is CC(=O)NC[C@H]1CN(c2ccc(-c3nccc(O[C@@H]4COc5nc([N+](=O)[O-])cn5C4)n3)c(F)c2)C(=O)O1. The second-order valence-corrected chi connectivity index (χ2v) is 8.28. The van der Waals surface area contributed by atoms with Crippen LogP contribution in [0.2, 0.25) is 0 Å². The molecule has 5 rings (SSSR count). The number of amides is 2. The largest absolute Gasteiger partial charge is 0.469 e. The Hall–Kier alpha value is -4.82. The third-order valence-electron chi connectivity index (χ3n) is 5.59. The second kappa shape index (κ2) is 9.67. The average molecular weight is 513 g/mol. The quantitative estimate of drug-likeness (QED) is 0.363. The van der Waals surface area contributed by atoms with Crippen LogP contribution in [0.3, 0.4) is 0 Å². The second-order valence-electron chi connectivity index (χ2n) is 8.28. The van der Waals surface area contributed by atoms with Gasteiger partial charge in [-0.3, -0.25) is 14.3 Å². The molecule has 0 bridgehead atoms. The molecule has 2 atom stereocenters. The highest BCUT2D eigenvalue weighted by atomic mass is 19.1. The normalized spacial score (nSPS) is 18.5. The van der Waals surface area contributed by atoms with Gasteiger partial charge in [-0.15, -0.1) is 0 Å². The number of fused-ring (bicyclic) bond motifs is 1. The minimum absolute atomic E-state index is 0.0600. The molecule has 15 heteroatoms. The first-order valence-corrected chi connectivity index (χ1v) is 11.1. The van der Waals surface area contributed by atoms with E-state index in [2.05, 4.69) is 20.3 Å². The van der Waals surface area contributed by atoms with Gasteiger partial charge < -0.3 is 29.6 Å². The first-order valence-electron chi connectivity index (χ1n) is 11.1. The molecule has 2 aromatic heterocycles. The van der Waals surface area contributed by atoms with Gasteiger partial charge in [-0.25, -0.2) is 14.2 Å². The van der Waals surface area contributed by atoms with Crippen molar-refractivity contribution in [3.05, 3.63) is 52.6 Å². The summed E-state index contributed by atoms with van der Waals surface area (Å²) in [5, 5.41) is 13.5. The Morgan fingerprint density at radius 3 is 2.92 bits per heavy atom. The Morgan fingerprint density at radius 2 is 2.16 bits per heavy atom. The van der Waals surface area contributed by atoms with Crippen LogP contribution in [0.4, 0.5) is 20.7 Å². The first-order chi connectivity index (χ1) is 17.8. The molecule has 14 nitrogen and oxygen atoms in total. The van der Waals surface area contributed by atoms with Gasteiger partial charge in [-0.2, -0.15) is 4.98 Å². The van der Waals surface area contributed by atoms with Crippen molar-refractivity contribution in [2.24, 2.45) is 0 Å². The summed E-state index contributed by atoms with van der Waals surface area (Å²) in [5.74, 6) is -1.02. The summed E-state index contributed by atoms with van der Waals surface area (Å²) in [5.41, 5.74) is 0.373. The molecule has 3 aromatic rings. The molecule has 2 amide bonds. The van der Waals surface area contributed by atoms with E-state index in [1.54, 1.807) is 6.07 Å². The van der Waals surface area contributed by atoms with Crippen LogP contribution in [0.25, 0.3) is 11.4 Å². The number of hydrogen-bond donors (Lipinski definition) is 1. The fourth-order valence-electron chi connectivity index (χ4n) is 3.89. The maximum absolute atomic E-state index is 15.0. The topological polar surface area (TPSA) is 164 Å². The summed E-state index contributed by atoms with van der Waals surface area (Å²) < 4.78 is 33.0. The molecule has 2 aliphatic heterocycles. The number of nitro groups is 1. The van der Waals surface area contributed by atoms with Crippen molar-refractivity contribution < 1.29 is 33.1 Å². The lowest BCUT2D eigenvalue weighted by Crippen LogP contribution is -2.34. The van der Waals surface area contributed by atoms with Gasteiger partial charge >= 0.3 is 17.9 Å². The van der Waals surface area contributed by atoms with Crippen molar-refractivity contribution in [1.29, 1.82) is 0 Å². The molecular weight excluding hydrogens is 493 g/mol. The highest BCUT2D eigenvalue weighted by Crippen LogP contribution is 2.29. The molecular formula is C22H20FN7O7. The van der Waals surface area contributed by atoms with E-state index in [-0.39, 0.29) is 66.9 Å². The van der Waals surface area contributed by atoms with Crippen molar-refractivity contribution in [2.75, 3.05) is 24.6 Å². The number of anilines is 1. The van der Waals surface area contributed by atoms with E-state index in [0.29, 0.717) is 0 Å². The van der Waals surface area contributed by atoms with E-state index in [9.17, 15) is 19.7 Å². The van der Waals surface area contributed by atoms with Gasteiger partial charge in [0.25, 0.3) is 0 Å². The highest BCUT2D eigenvalue weighted by Gasteiger charge is 2.33. The van der Waals surface area contributed by atoms with Crippen LogP contribution in [0, 0.1) is 15.9 Å². The van der Waals surface area contributed by atoms with Crippen LogP contribution >= 0.6 is 0 Å². The van der Waals surface area contributed by atoms with Crippen LogP contribution < -0.4 is 19.7 Å². The Bertz CT molecular complexity index is 1380. The van der Waals surface area contributed by atoms with Crippen LogP contribution in [0.15, 0.2) is 36.7 Å². The smallest absolute Gasteiger partial charge is 0.414 e. The fourth-order valence-corrected chi connectivity index (χ4v) is 3.89. The van der Waals surface area contributed by atoms with Crippen LogP contribution in [0.1, 0.15) is 6.92 Å².